The number of amides is 2. The molecule has 3 heterocycles. The van der Waals surface area contributed by atoms with Gasteiger partial charge < -0.3 is 15.0 Å². The van der Waals surface area contributed by atoms with Crippen LogP contribution >= 0.6 is 0 Å². The van der Waals surface area contributed by atoms with Gasteiger partial charge in [0.2, 0.25) is 5.91 Å². The fraction of sp³-hybridized carbons (Fsp3) is 0.364. The van der Waals surface area contributed by atoms with Gasteiger partial charge in [-0.05, 0) is 38.0 Å². The Hall–Kier alpha value is -3.42. The molecule has 8 nitrogen and oxygen atoms in total. The predicted octanol–water partition coefficient (Wildman–Crippen LogP) is 3.25. The van der Waals surface area contributed by atoms with Crippen molar-refractivity contribution >= 4 is 28.4 Å². The van der Waals surface area contributed by atoms with E-state index < -0.39 is 0 Å². The minimum atomic E-state index is -0.143. The van der Waals surface area contributed by atoms with E-state index in [2.05, 4.69) is 20.5 Å². The number of carbonyl (C=O) groups is 2. The van der Waals surface area contributed by atoms with Crippen LogP contribution in [0, 0.1) is 6.92 Å². The lowest BCUT2D eigenvalue weighted by molar-refractivity contribution is -0.114. The summed E-state index contributed by atoms with van der Waals surface area (Å²) >= 11 is 0. The number of anilines is 1. The standard InChI is InChI=1S/C22H25N5O3/c1-13-18(9-15-6-7-17(30-3)10-19(15)24-13)22(29)27-8-4-5-16(12-27)21-20(11-23-26-21)25-14(2)28/h6-7,9-11,16H,4-5,8,12H2,1-3H3,(H,23,26)(H,25,28)/t16-/m1/s1. The third-order valence-electron chi connectivity index (χ3n) is 5.54. The molecule has 2 amide bonds. The molecule has 0 bridgehead atoms. The van der Waals surface area contributed by atoms with E-state index in [1.165, 1.54) is 6.92 Å². The summed E-state index contributed by atoms with van der Waals surface area (Å²) in [6, 6.07) is 7.56. The first-order valence-corrected chi connectivity index (χ1v) is 10.0. The van der Waals surface area contributed by atoms with Gasteiger partial charge in [0.1, 0.15) is 5.75 Å². The van der Waals surface area contributed by atoms with Gasteiger partial charge in [-0.3, -0.25) is 19.7 Å². The molecule has 0 aliphatic carbocycles. The van der Waals surface area contributed by atoms with Crippen molar-refractivity contribution in [1.29, 1.82) is 0 Å². The van der Waals surface area contributed by atoms with Crippen molar-refractivity contribution in [3.63, 3.8) is 0 Å². The van der Waals surface area contributed by atoms with Crippen LogP contribution in [0.25, 0.3) is 10.9 Å². The highest BCUT2D eigenvalue weighted by molar-refractivity contribution is 5.99. The fourth-order valence-electron chi connectivity index (χ4n) is 4.05. The molecule has 2 N–H and O–H groups in total. The second-order valence-corrected chi connectivity index (χ2v) is 7.65. The van der Waals surface area contributed by atoms with Gasteiger partial charge in [-0.1, -0.05) is 0 Å². The van der Waals surface area contributed by atoms with Gasteiger partial charge in [0.25, 0.3) is 5.91 Å². The van der Waals surface area contributed by atoms with Crippen LogP contribution in [-0.2, 0) is 4.79 Å². The number of aryl methyl sites for hydroxylation is 1. The van der Waals surface area contributed by atoms with Gasteiger partial charge in [0.05, 0.1) is 41.5 Å². The summed E-state index contributed by atoms with van der Waals surface area (Å²) in [6.45, 7) is 4.59. The maximum Gasteiger partial charge on any atom is 0.255 e. The van der Waals surface area contributed by atoms with E-state index in [-0.39, 0.29) is 17.7 Å². The average Bonchev–Trinajstić information content (AvgIpc) is 3.19. The SMILES string of the molecule is COc1ccc2cc(C(=O)N3CCC[C@@H](c4[nH]ncc4NC(C)=O)C3)c(C)nc2c1. The van der Waals surface area contributed by atoms with Gasteiger partial charge in [-0.2, -0.15) is 5.10 Å². The number of methoxy groups -OCH3 is 1. The van der Waals surface area contributed by atoms with Crippen LogP contribution in [0.5, 0.6) is 5.75 Å². The zero-order valence-electron chi connectivity index (χ0n) is 17.4. The van der Waals surface area contributed by atoms with Gasteiger partial charge in [-0.15, -0.1) is 0 Å². The van der Waals surface area contributed by atoms with Gasteiger partial charge in [0, 0.05) is 37.4 Å². The number of benzene rings is 1. The van der Waals surface area contributed by atoms with E-state index in [9.17, 15) is 9.59 Å². The molecular formula is C22H25N5O3. The zero-order chi connectivity index (χ0) is 21.3. The fourth-order valence-corrected chi connectivity index (χ4v) is 4.05. The lowest BCUT2D eigenvalue weighted by atomic mass is 9.93. The Kier molecular flexibility index (Phi) is 5.39. The zero-order valence-corrected chi connectivity index (χ0v) is 17.4. The first-order chi connectivity index (χ1) is 14.5. The number of ether oxygens (including phenoxy) is 1. The molecule has 2 aromatic heterocycles. The Labute approximate surface area is 174 Å². The molecule has 156 valence electrons. The molecule has 1 saturated heterocycles. The number of rotatable bonds is 4. The third-order valence-corrected chi connectivity index (χ3v) is 5.54. The molecule has 1 aliphatic heterocycles. The van der Waals surface area contributed by atoms with Crippen LogP contribution < -0.4 is 10.1 Å². The lowest BCUT2D eigenvalue weighted by Gasteiger charge is -2.33. The molecule has 0 saturated carbocycles. The number of hydrogen-bond acceptors (Lipinski definition) is 5. The third kappa shape index (κ3) is 3.85. The van der Waals surface area contributed by atoms with Gasteiger partial charge >= 0.3 is 0 Å². The predicted molar refractivity (Wildman–Crippen MR) is 114 cm³/mol. The topological polar surface area (TPSA) is 100 Å². The molecule has 4 rings (SSSR count). The van der Waals surface area contributed by atoms with Crippen molar-refractivity contribution in [3.05, 3.63) is 47.4 Å². The number of fused-ring (bicyclic) bond motifs is 1. The number of nitrogens with one attached hydrogen (secondary N) is 2. The molecule has 0 spiro atoms. The molecule has 8 heteroatoms. The second kappa shape index (κ2) is 8.14. The van der Waals surface area contributed by atoms with E-state index in [0.717, 1.165) is 35.2 Å². The highest BCUT2D eigenvalue weighted by atomic mass is 16.5. The largest absolute Gasteiger partial charge is 0.497 e. The van der Waals surface area contributed by atoms with Crippen LogP contribution in [0.4, 0.5) is 5.69 Å². The van der Waals surface area contributed by atoms with Crippen LogP contribution in [0.2, 0.25) is 0 Å². The summed E-state index contributed by atoms with van der Waals surface area (Å²) in [5.41, 5.74) is 3.66. The Balaban J connectivity index is 1.58. The number of piperidine rings is 1. The summed E-state index contributed by atoms with van der Waals surface area (Å²) in [6.07, 6.45) is 3.42. The van der Waals surface area contributed by atoms with Crippen LogP contribution in [0.3, 0.4) is 0 Å². The molecule has 3 aromatic rings. The maximum absolute atomic E-state index is 13.3. The van der Waals surface area contributed by atoms with E-state index in [4.69, 9.17) is 4.74 Å². The molecule has 1 atom stereocenters. The first-order valence-electron chi connectivity index (χ1n) is 10.0. The van der Waals surface area contributed by atoms with E-state index >= 15 is 0 Å². The molecule has 0 radical (unpaired) electrons. The Bertz CT molecular complexity index is 1110. The number of likely N-dealkylation sites (tertiary alicyclic amines) is 1. The van der Waals surface area contributed by atoms with Crippen LogP contribution in [0.1, 0.15) is 47.4 Å². The minimum Gasteiger partial charge on any atom is -0.497 e. The number of hydrogen-bond donors (Lipinski definition) is 2. The molecule has 30 heavy (non-hydrogen) atoms. The maximum atomic E-state index is 13.3. The number of aromatic nitrogens is 3. The van der Waals surface area contributed by atoms with E-state index in [0.29, 0.717) is 30.0 Å². The van der Waals surface area contributed by atoms with Crippen molar-refractivity contribution in [2.75, 3.05) is 25.5 Å². The monoisotopic (exact) mass is 407 g/mol. The Morgan fingerprint density at radius 2 is 2.13 bits per heavy atom. The molecule has 0 unspecified atom stereocenters. The van der Waals surface area contributed by atoms with Crippen LogP contribution in [-0.4, -0.2) is 52.1 Å². The highest BCUT2D eigenvalue weighted by Crippen LogP contribution is 2.31. The Morgan fingerprint density at radius 3 is 2.90 bits per heavy atom. The van der Waals surface area contributed by atoms with Crippen molar-refractivity contribution < 1.29 is 14.3 Å². The number of carbonyl (C=O) groups excluding carboxylic acids is 2. The number of H-pyrrole nitrogens is 1. The number of nitrogens with zero attached hydrogens (tertiary/aromatic N) is 3. The van der Waals surface area contributed by atoms with Crippen molar-refractivity contribution in [2.24, 2.45) is 0 Å². The quantitative estimate of drug-likeness (QED) is 0.691. The molecule has 1 aromatic carbocycles. The van der Waals surface area contributed by atoms with E-state index in [1.807, 2.05) is 36.1 Å². The summed E-state index contributed by atoms with van der Waals surface area (Å²) in [7, 11) is 1.62. The number of aromatic amines is 1. The highest BCUT2D eigenvalue weighted by Gasteiger charge is 2.29. The average molecular weight is 407 g/mol. The first kappa shape index (κ1) is 19.9. The van der Waals surface area contributed by atoms with Gasteiger partial charge in [0.15, 0.2) is 0 Å². The summed E-state index contributed by atoms with van der Waals surface area (Å²) in [4.78, 5) is 31.3. The minimum absolute atomic E-state index is 0.0250. The van der Waals surface area contributed by atoms with Crippen LogP contribution in [0.15, 0.2) is 30.5 Å². The summed E-state index contributed by atoms with van der Waals surface area (Å²) < 4.78 is 5.27. The molecular weight excluding hydrogens is 382 g/mol. The second-order valence-electron chi connectivity index (χ2n) is 7.65. The summed E-state index contributed by atoms with van der Waals surface area (Å²) in [5.74, 6) is 0.658. The molecule has 1 fully saturated rings. The smallest absolute Gasteiger partial charge is 0.255 e. The van der Waals surface area contributed by atoms with E-state index in [1.54, 1.807) is 13.3 Å². The lowest BCUT2D eigenvalue weighted by Crippen LogP contribution is -2.39. The summed E-state index contributed by atoms with van der Waals surface area (Å²) in [5, 5.41) is 10.8. The number of pyridine rings is 1. The van der Waals surface area contributed by atoms with Gasteiger partial charge in [-0.25, -0.2) is 0 Å². The normalized spacial score (nSPS) is 16.5. The van der Waals surface area contributed by atoms with Crippen molar-refractivity contribution in [3.8, 4) is 5.75 Å². The molecule has 1 aliphatic rings. The van der Waals surface area contributed by atoms with Crippen molar-refractivity contribution in [1.82, 2.24) is 20.1 Å². The van der Waals surface area contributed by atoms with Crippen molar-refractivity contribution in [2.45, 2.75) is 32.6 Å². The Morgan fingerprint density at radius 1 is 1.30 bits per heavy atom.